The second kappa shape index (κ2) is 10.2. The van der Waals surface area contributed by atoms with Crippen molar-refractivity contribution in [2.75, 3.05) is 9.91 Å². The molecule has 2 saturated heterocycles. The number of carbonyl (C=O) groups is 5. The summed E-state index contributed by atoms with van der Waals surface area (Å²) in [7, 11) is 0. The van der Waals surface area contributed by atoms with Crippen molar-refractivity contribution in [3.63, 3.8) is 0 Å². The van der Waals surface area contributed by atoms with Crippen molar-refractivity contribution < 1.29 is 24.0 Å². The van der Waals surface area contributed by atoms with Gasteiger partial charge in [0.15, 0.2) is 0 Å². The molecule has 3 aromatic carbocycles. The third-order valence-corrected chi connectivity index (χ3v) is 6.16. The molecule has 0 bridgehead atoms. The van der Waals surface area contributed by atoms with Crippen LogP contribution in [-0.4, -0.2) is 44.8 Å². The number of carbonyl (C=O) groups excluding carboxylic acids is 5. The monoisotopic (exact) mass is 512 g/mol. The Bertz CT molecular complexity index is 1410. The summed E-state index contributed by atoms with van der Waals surface area (Å²) in [5, 5.41) is 15.1. The maximum absolute atomic E-state index is 13.1. The summed E-state index contributed by atoms with van der Waals surface area (Å²) in [6, 6.07) is 22.6. The Kier molecular flexibility index (Phi) is 6.69. The molecule has 0 N–H and O–H groups in total. The predicted molar refractivity (Wildman–Crippen MR) is 135 cm³/mol. The van der Waals surface area contributed by atoms with Crippen molar-refractivity contribution in [3.8, 4) is 0 Å². The van der Waals surface area contributed by atoms with Crippen molar-refractivity contribution in [1.82, 2.24) is 15.2 Å². The van der Waals surface area contributed by atoms with Gasteiger partial charge in [-0.25, -0.2) is 14.7 Å². The minimum Gasteiger partial charge on any atom is -0.748 e. The number of para-hydroxylation sites is 2. The number of rotatable bonds is 6. The fourth-order valence-corrected chi connectivity index (χ4v) is 4.36. The molecule has 0 aliphatic carbocycles. The van der Waals surface area contributed by atoms with E-state index in [1.807, 2.05) is 0 Å². The average Bonchev–Trinajstić information content (AvgIpc) is 2.90. The maximum atomic E-state index is 13.1. The third-order valence-electron chi connectivity index (χ3n) is 6.16. The molecule has 0 spiro atoms. The molecule has 38 heavy (non-hydrogen) atoms. The number of amides is 6. The lowest BCUT2D eigenvalue weighted by atomic mass is 10.1. The van der Waals surface area contributed by atoms with Crippen LogP contribution >= 0.6 is 0 Å². The van der Waals surface area contributed by atoms with Gasteiger partial charge in [0.1, 0.15) is 12.8 Å². The minimum absolute atomic E-state index is 0.105. The first-order valence-corrected chi connectivity index (χ1v) is 11.8. The Morgan fingerprint density at radius 1 is 0.605 bits per heavy atom. The van der Waals surface area contributed by atoms with Gasteiger partial charge in [0.05, 0.1) is 24.5 Å². The highest BCUT2D eigenvalue weighted by Gasteiger charge is 2.39. The number of hydrogen-bond acceptors (Lipinski definition) is 7. The number of barbiturate groups is 1. The summed E-state index contributed by atoms with van der Waals surface area (Å²) in [6.45, 7) is -0.241. The molecule has 0 unspecified atom stereocenters. The maximum Gasteiger partial charge on any atom is 0.338 e. The first kappa shape index (κ1) is 24.8. The Balaban J connectivity index is 1.34. The van der Waals surface area contributed by atoms with Crippen LogP contribution in [-0.2, 0) is 32.3 Å². The Labute approximate surface area is 217 Å². The van der Waals surface area contributed by atoms with Gasteiger partial charge in [-0.05, 0) is 35.4 Å². The van der Waals surface area contributed by atoms with Crippen molar-refractivity contribution in [2.24, 2.45) is 0 Å². The fraction of sp³-hybridized carbons (Fsp3) is 0.148. The Morgan fingerprint density at radius 2 is 1.18 bits per heavy atom. The summed E-state index contributed by atoms with van der Waals surface area (Å²) >= 11 is 0. The SMILES string of the molecule is O=C1CC(=O)N(c2ccccc2)C(=O)N1Cc1cccc(CN2C(=O)CC(=O)N(c3ccccc3)N2[O-])c1. The molecule has 6 amide bonds. The van der Waals surface area contributed by atoms with Crippen molar-refractivity contribution in [3.05, 3.63) is 101 Å². The van der Waals surface area contributed by atoms with Crippen LogP contribution in [0.3, 0.4) is 0 Å². The molecule has 11 heteroatoms. The quantitative estimate of drug-likeness (QED) is 0.465. The number of benzene rings is 3. The molecule has 2 heterocycles. The summed E-state index contributed by atoms with van der Waals surface area (Å²) in [5.74, 6) is -2.51. The number of urea groups is 1. The molecule has 192 valence electrons. The van der Waals surface area contributed by atoms with Crippen LogP contribution in [0.4, 0.5) is 16.2 Å². The smallest absolute Gasteiger partial charge is 0.338 e. The van der Waals surface area contributed by atoms with E-state index in [9.17, 15) is 29.2 Å². The molecule has 0 aromatic heterocycles. The van der Waals surface area contributed by atoms with Gasteiger partial charge in [-0.2, -0.15) is 5.28 Å². The van der Waals surface area contributed by atoms with Crippen molar-refractivity contribution >= 4 is 41.0 Å². The Morgan fingerprint density at radius 3 is 1.84 bits per heavy atom. The lowest BCUT2D eigenvalue weighted by Gasteiger charge is -2.49. The predicted octanol–water partition coefficient (Wildman–Crippen LogP) is 2.97. The van der Waals surface area contributed by atoms with E-state index in [1.165, 1.54) is 0 Å². The standard InChI is InChI=1S/C27H22N5O6/c33-23-15-25(35)30(21-10-3-1-4-11-21)27(37)28(23)17-19-8-7-9-20(14-19)18-29-24(34)16-26(36)31(32(29)38)22-12-5-2-6-13-22/h1-14H,15-18H2/q-1. The molecule has 0 atom stereocenters. The highest BCUT2D eigenvalue weighted by atomic mass is 16.6. The van der Waals surface area contributed by atoms with Gasteiger partial charge in [0.2, 0.25) is 17.7 Å². The van der Waals surface area contributed by atoms with Gasteiger partial charge >= 0.3 is 6.03 Å². The fourth-order valence-electron chi connectivity index (χ4n) is 4.36. The van der Waals surface area contributed by atoms with E-state index in [4.69, 9.17) is 0 Å². The van der Waals surface area contributed by atoms with Crippen LogP contribution in [0, 0.1) is 5.21 Å². The number of hydrazine groups is 2. The second-order valence-corrected chi connectivity index (χ2v) is 8.75. The summed E-state index contributed by atoms with van der Waals surface area (Å²) in [5.41, 5.74) is 1.81. The van der Waals surface area contributed by atoms with Gasteiger partial charge in [-0.1, -0.05) is 60.7 Å². The number of nitrogens with zero attached hydrogens (tertiary/aromatic N) is 5. The molecule has 2 fully saturated rings. The second-order valence-electron chi connectivity index (χ2n) is 8.75. The molecule has 11 nitrogen and oxygen atoms in total. The molecule has 0 saturated carbocycles. The van der Waals surface area contributed by atoms with Crippen LogP contribution in [0.2, 0.25) is 0 Å². The zero-order chi connectivity index (χ0) is 26.8. The Hall–Kier alpha value is -4.87. The lowest BCUT2D eigenvalue weighted by Crippen LogP contribution is -2.60. The normalized spacial score (nSPS) is 17.0. The summed E-state index contributed by atoms with van der Waals surface area (Å²) < 4.78 is 0. The van der Waals surface area contributed by atoms with Gasteiger partial charge in [-0.15, -0.1) is 0 Å². The highest BCUT2D eigenvalue weighted by Crippen LogP contribution is 2.26. The number of hydrogen-bond donors (Lipinski definition) is 0. The topological polar surface area (TPSA) is 125 Å². The van der Waals surface area contributed by atoms with Gasteiger partial charge in [-0.3, -0.25) is 29.1 Å². The third kappa shape index (κ3) is 4.75. The van der Waals surface area contributed by atoms with Gasteiger partial charge in [0.25, 0.3) is 5.91 Å². The van der Waals surface area contributed by atoms with Crippen molar-refractivity contribution in [1.29, 1.82) is 0 Å². The zero-order valence-electron chi connectivity index (χ0n) is 20.1. The van der Waals surface area contributed by atoms with E-state index in [0.29, 0.717) is 22.5 Å². The molecular formula is C27H22N5O6-. The molecule has 0 radical (unpaired) electrons. The van der Waals surface area contributed by atoms with E-state index in [0.717, 1.165) is 19.8 Å². The highest BCUT2D eigenvalue weighted by molar-refractivity contribution is 6.26. The summed E-state index contributed by atoms with van der Waals surface area (Å²) in [4.78, 5) is 65.2. The molecule has 5 rings (SSSR count). The van der Waals surface area contributed by atoms with Crippen LogP contribution in [0.15, 0.2) is 84.9 Å². The molecule has 3 aromatic rings. The van der Waals surface area contributed by atoms with E-state index in [-0.39, 0.29) is 18.4 Å². The average molecular weight is 513 g/mol. The largest absolute Gasteiger partial charge is 0.748 e. The zero-order valence-corrected chi connectivity index (χ0v) is 20.1. The van der Waals surface area contributed by atoms with E-state index < -0.39 is 42.5 Å². The minimum atomic E-state index is -0.753. The van der Waals surface area contributed by atoms with Gasteiger partial charge < -0.3 is 5.21 Å². The number of anilines is 2. The first-order chi connectivity index (χ1) is 18.3. The first-order valence-electron chi connectivity index (χ1n) is 11.8. The van der Waals surface area contributed by atoms with Crippen LogP contribution in [0.1, 0.15) is 24.0 Å². The summed E-state index contributed by atoms with van der Waals surface area (Å²) in [6.07, 6.45) is -0.912. The van der Waals surface area contributed by atoms with Crippen molar-refractivity contribution in [2.45, 2.75) is 25.9 Å². The lowest BCUT2D eigenvalue weighted by molar-refractivity contribution is -0.159. The molecule has 2 aliphatic rings. The van der Waals surface area contributed by atoms with E-state index >= 15 is 0 Å². The van der Waals surface area contributed by atoms with E-state index in [2.05, 4.69) is 0 Å². The molecule has 2 aliphatic heterocycles. The van der Waals surface area contributed by atoms with Gasteiger partial charge in [0, 0.05) is 0 Å². The molecular weight excluding hydrogens is 490 g/mol. The van der Waals surface area contributed by atoms with Crippen LogP contribution in [0.5, 0.6) is 0 Å². The van der Waals surface area contributed by atoms with Crippen LogP contribution < -0.4 is 9.91 Å². The van der Waals surface area contributed by atoms with E-state index in [1.54, 1.807) is 84.9 Å². The van der Waals surface area contributed by atoms with Crippen LogP contribution in [0.25, 0.3) is 0 Å². The number of imide groups is 2.